The van der Waals surface area contributed by atoms with Crippen LogP contribution in [0, 0.1) is 5.92 Å². The molecule has 2 rings (SSSR count). The summed E-state index contributed by atoms with van der Waals surface area (Å²) in [6.07, 6.45) is 4.57. The van der Waals surface area contributed by atoms with Crippen LogP contribution in [0.25, 0.3) is 0 Å². The monoisotopic (exact) mass is 318 g/mol. The van der Waals surface area contributed by atoms with Crippen LogP contribution in [-0.2, 0) is 4.79 Å². The Morgan fingerprint density at radius 1 is 1.22 bits per heavy atom. The highest BCUT2D eigenvalue weighted by atomic mass is 16.5. The SMILES string of the molecule is COc1ccc(C(=O)CCCC(=O)NC2CCCC2CN)cc1. The molecule has 1 aliphatic carbocycles. The van der Waals surface area contributed by atoms with Crippen molar-refractivity contribution in [3.63, 3.8) is 0 Å². The number of Topliss-reactive ketones (excluding diaryl/α,β-unsaturated/α-hetero) is 1. The molecule has 0 radical (unpaired) electrons. The maximum Gasteiger partial charge on any atom is 0.220 e. The lowest BCUT2D eigenvalue weighted by molar-refractivity contribution is -0.122. The molecule has 126 valence electrons. The van der Waals surface area contributed by atoms with Gasteiger partial charge in [-0.1, -0.05) is 6.42 Å². The fraction of sp³-hybridized carbons (Fsp3) is 0.556. The molecule has 0 aliphatic heterocycles. The van der Waals surface area contributed by atoms with Crippen molar-refractivity contribution in [1.82, 2.24) is 5.32 Å². The van der Waals surface area contributed by atoms with E-state index in [1.807, 2.05) is 0 Å². The number of amides is 1. The molecule has 0 aromatic heterocycles. The Hall–Kier alpha value is -1.88. The van der Waals surface area contributed by atoms with Crippen LogP contribution in [0.15, 0.2) is 24.3 Å². The highest BCUT2D eigenvalue weighted by molar-refractivity contribution is 5.96. The molecule has 0 spiro atoms. The topological polar surface area (TPSA) is 81.4 Å². The van der Waals surface area contributed by atoms with E-state index < -0.39 is 0 Å². The van der Waals surface area contributed by atoms with Crippen LogP contribution < -0.4 is 15.8 Å². The van der Waals surface area contributed by atoms with Gasteiger partial charge in [-0.2, -0.15) is 0 Å². The fourth-order valence-corrected chi connectivity index (χ4v) is 3.12. The normalized spacial score (nSPS) is 20.3. The summed E-state index contributed by atoms with van der Waals surface area (Å²) >= 11 is 0. The first-order valence-electron chi connectivity index (χ1n) is 8.30. The molecule has 1 aromatic carbocycles. The summed E-state index contributed by atoms with van der Waals surface area (Å²) in [7, 11) is 1.59. The van der Waals surface area contributed by atoms with Gasteiger partial charge in [0.1, 0.15) is 5.75 Å². The predicted octanol–water partition coefficient (Wildman–Crippen LogP) is 2.29. The Morgan fingerprint density at radius 2 is 1.96 bits per heavy atom. The Balaban J connectivity index is 1.71. The molecule has 1 aliphatic rings. The molecule has 0 heterocycles. The molecule has 2 unspecified atom stereocenters. The number of benzene rings is 1. The zero-order valence-corrected chi connectivity index (χ0v) is 13.7. The third kappa shape index (κ3) is 5.06. The smallest absolute Gasteiger partial charge is 0.220 e. The molecule has 5 heteroatoms. The van der Waals surface area contributed by atoms with Crippen LogP contribution in [0.2, 0.25) is 0 Å². The molecule has 5 nitrogen and oxygen atoms in total. The van der Waals surface area contributed by atoms with Gasteiger partial charge < -0.3 is 15.8 Å². The third-order valence-electron chi connectivity index (χ3n) is 4.53. The van der Waals surface area contributed by atoms with Gasteiger partial charge in [-0.25, -0.2) is 0 Å². The first-order valence-corrected chi connectivity index (χ1v) is 8.30. The van der Waals surface area contributed by atoms with E-state index in [1.165, 1.54) is 0 Å². The van der Waals surface area contributed by atoms with Crippen LogP contribution in [0.3, 0.4) is 0 Å². The van der Waals surface area contributed by atoms with Crippen LogP contribution >= 0.6 is 0 Å². The van der Waals surface area contributed by atoms with Gasteiger partial charge in [0.15, 0.2) is 5.78 Å². The minimum absolute atomic E-state index is 0.0258. The van der Waals surface area contributed by atoms with Gasteiger partial charge in [0.25, 0.3) is 0 Å². The van der Waals surface area contributed by atoms with E-state index in [2.05, 4.69) is 5.32 Å². The lowest BCUT2D eigenvalue weighted by Gasteiger charge is -2.19. The number of ketones is 1. The molecule has 3 N–H and O–H groups in total. The minimum Gasteiger partial charge on any atom is -0.497 e. The third-order valence-corrected chi connectivity index (χ3v) is 4.53. The van der Waals surface area contributed by atoms with Gasteiger partial charge in [-0.05, 0) is 56.0 Å². The molecular formula is C18H26N2O3. The highest BCUT2D eigenvalue weighted by Gasteiger charge is 2.27. The second kappa shape index (κ2) is 8.67. The lowest BCUT2D eigenvalue weighted by Crippen LogP contribution is -2.39. The summed E-state index contributed by atoms with van der Waals surface area (Å²) < 4.78 is 5.07. The summed E-state index contributed by atoms with van der Waals surface area (Å²) in [6.45, 7) is 0.626. The molecule has 1 aromatic rings. The molecule has 0 bridgehead atoms. The maximum atomic E-state index is 12.1. The number of hydrogen-bond acceptors (Lipinski definition) is 4. The standard InChI is InChI=1S/C18H26N2O3/c1-23-15-10-8-13(9-11-15)17(21)6-3-7-18(22)20-16-5-2-4-14(16)12-19/h8-11,14,16H,2-7,12,19H2,1H3,(H,20,22). The number of methoxy groups -OCH3 is 1. The number of hydrogen-bond donors (Lipinski definition) is 2. The van der Waals surface area contributed by atoms with Gasteiger partial charge in [0.05, 0.1) is 7.11 Å². The molecule has 1 saturated carbocycles. The van der Waals surface area contributed by atoms with E-state index in [0.29, 0.717) is 37.3 Å². The van der Waals surface area contributed by atoms with Crippen molar-refractivity contribution in [2.45, 2.75) is 44.6 Å². The van der Waals surface area contributed by atoms with Crippen molar-refractivity contribution in [3.05, 3.63) is 29.8 Å². The quantitative estimate of drug-likeness (QED) is 0.721. The maximum absolute atomic E-state index is 12.1. The van der Waals surface area contributed by atoms with Gasteiger partial charge in [-0.3, -0.25) is 9.59 Å². The number of carbonyl (C=O) groups excluding carboxylic acids is 2. The number of carbonyl (C=O) groups is 2. The fourth-order valence-electron chi connectivity index (χ4n) is 3.12. The highest BCUT2D eigenvalue weighted by Crippen LogP contribution is 2.24. The Labute approximate surface area is 137 Å². The van der Waals surface area contributed by atoms with E-state index in [9.17, 15) is 9.59 Å². The minimum atomic E-state index is 0.0258. The number of nitrogens with two attached hydrogens (primary N) is 1. The zero-order chi connectivity index (χ0) is 16.7. The van der Waals surface area contributed by atoms with E-state index in [0.717, 1.165) is 25.0 Å². The Morgan fingerprint density at radius 3 is 2.61 bits per heavy atom. The largest absolute Gasteiger partial charge is 0.497 e. The molecule has 0 saturated heterocycles. The van der Waals surface area contributed by atoms with E-state index in [4.69, 9.17) is 10.5 Å². The van der Waals surface area contributed by atoms with Crippen molar-refractivity contribution >= 4 is 11.7 Å². The summed E-state index contributed by atoms with van der Waals surface area (Å²) in [5.74, 6) is 1.21. The van der Waals surface area contributed by atoms with Crippen molar-refractivity contribution in [2.75, 3.05) is 13.7 Å². The first kappa shape index (κ1) is 17.5. The second-order valence-electron chi connectivity index (χ2n) is 6.11. The van der Waals surface area contributed by atoms with E-state index in [1.54, 1.807) is 31.4 Å². The van der Waals surface area contributed by atoms with Crippen LogP contribution in [0.4, 0.5) is 0 Å². The summed E-state index contributed by atoms with van der Waals surface area (Å²) in [5, 5.41) is 3.06. The van der Waals surface area contributed by atoms with Crippen molar-refractivity contribution in [1.29, 1.82) is 0 Å². The van der Waals surface area contributed by atoms with Crippen molar-refractivity contribution in [3.8, 4) is 5.75 Å². The van der Waals surface area contributed by atoms with Crippen molar-refractivity contribution < 1.29 is 14.3 Å². The Kier molecular flexibility index (Phi) is 6.59. The molecule has 1 amide bonds. The molecule has 23 heavy (non-hydrogen) atoms. The van der Waals surface area contributed by atoms with Crippen LogP contribution in [-0.4, -0.2) is 31.4 Å². The van der Waals surface area contributed by atoms with Gasteiger partial charge in [0.2, 0.25) is 5.91 Å². The molecule has 2 atom stereocenters. The number of nitrogens with one attached hydrogen (secondary N) is 1. The van der Waals surface area contributed by atoms with Gasteiger partial charge in [0, 0.05) is 24.4 Å². The Bertz CT molecular complexity index is 528. The number of rotatable bonds is 8. The average molecular weight is 318 g/mol. The summed E-state index contributed by atoms with van der Waals surface area (Å²) in [5.41, 5.74) is 6.38. The predicted molar refractivity (Wildman–Crippen MR) is 89.5 cm³/mol. The second-order valence-corrected chi connectivity index (χ2v) is 6.11. The zero-order valence-electron chi connectivity index (χ0n) is 13.7. The van der Waals surface area contributed by atoms with E-state index in [-0.39, 0.29) is 17.7 Å². The van der Waals surface area contributed by atoms with Crippen LogP contribution in [0.1, 0.15) is 48.9 Å². The number of ether oxygens (including phenoxy) is 1. The van der Waals surface area contributed by atoms with Crippen LogP contribution in [0.5, 0.6) is 5.75 Å². The molecular weight excluding hydrogens is 292 g/mol. The summed E-state index contributed by atoms with van der Waals surface area (Å²) in [4.78, 5) is 24.1. The van der Waals surface area contributed by atoms with Gasteiger partial charge in [-0.15, -0.1) is 0 Å². The lowest BCUT2D eigenvalue weighted by atomic mass is 10.0. The first-order chi connectivity index (χ1) is 11.1. The average Bonchev–Trinajstić information content (AvgIpc) is 3.01. The summed E-state index contributed by atoms with van der Waals surface area (Å²) in [6, 6.07) is 7.27. The molecule has 1 fully saturated rings. The van der Waals surface area contributed by atoms with E-state index >= 15 is 0 Å². The van der Waals surface area contributed by atoms with Gasteiger partial charge >= 0.3 is 0 Å². The van der Waals surface area contributed by atoms with Crippen molar-refractivity contribution in [2.24, 2.45) is 11.7 Å².